The average molecular weight is 342 g/mol. The molecule has 4 atom stereocenters. The molecule has 3 aliphatic heterocycles. The first-order valence-electron chi connectivity index (χ1n) is 8.68. The van der Waals surface area contributed by atoms with Crippen LogP contribution in [-0.4, -0.2) is 48.7 Å². The van der Waals surface area contributed by atoms with Gasteiger partial charge in [-0.25, -0.2) is 9.69 Å². The van der Waals surface area contributed by atoms with Gasteiger partial charge in [-0.15, -0.1) is 0 Å². The summed E-state index contributed by atoms with van der Waals surface area (Å²) in [6.45, 7) is 2.29. The summed E-state index contributed by atoms with van der Waals surface area (Å²) in [7, 11) is 1.48. The van der Waals surface area contributed by atoms with Crippen LogP contribution in [0.4, 0.5) is 10.5 Å². The third-order valence-corrected chi connectivity index (χ3v) is 7.57. The van der Waals surface area contributed by atoms with Gasteiger partial charge in [0.25, 0.3) is 0 Å². The van der Waals surface area contributed by atoms with Crippen LogP contribution in [0.5, 0.6) is 0 Å². The maximum atomic E-state index is 12.7. The zero-order chi connectivity index (χ0) is 16.5. The first-order valence-corrected chi connectivity index (χ1v) is 9.97. The topological polar surface area (TPSA) is 32.8 Å². The zero-order valence-electron chi connectivity index (χ0n) is 14.1. The number of rotatable bonds is 1. The van der Waals surface area contributed by atoms with E-state index in [1.54, 1.807) is 0 Å². The number of hydrogen-bond donors (Lipinski definition) is 0. The monoisotopic (exact) mass is 342 g/mol. The van der Waals surface area contributed by atoms with E-state index in [9.17, 15) is 4.79 Å². The molecule has 0 aromatic heterocycles. The van der Waals surface area contributed by atoms with Crippen LogP contribution >= 0.6 is 11.8 Å². The Kier molecular flexibility index (Phi) is 3.11. The number of nitrogens with zero attached hydrogens (tertiary/aromatic N) is 2. The molecule has 24 heavy (non-hydrogen) atoms. The Labute approximate surface area is 146 Å². The van der Waals surface area contributed by atoms with Crippen molar-refractivity contribution in [1.29, 1.82) is 0 Å². The molecule has 4 nitrogen and oxygen atoms in total. The van der Waals surface area contributed by atoms with Gasteiger partial charge in [0.1, 0.15) is 0 Å². The highest BCUT2D eigenvalue weighted by Crippen LogP contribution is 2.62. The first kappa shape index (κ1) is 14.8. The zero-order valence-corrected chi connectivity index (χ0v) is 14.9. The van der Waals surface area contributed by atoms with Crippen LogP contribution in [0.25, 0.3) is 0 Å². The van der Waals surface area contributed by atoms with Gasteiger partial charge in [-0.1, -0.05) is 24.3 Å². The molecule has 0 unspecified atom stereocenters. The standard InChI is InChI=1S/C19H22N2O2S/c1-23-18(22)21-14-6-4-3-5-13(14)19-15-9-12(10-16(19)21)7-8-20(15)11-17(19)24-2/h3-6,10,12,15,17H,7-9,11H2,1-2H3/t12-,15+,17-,19+/m0/s1. The van der Waals surface area contributed by atoms with Gasteiger partial charge in [0.15, 0.2) is 0 Å². The van der Waals surface area contributed by atoms with Crippen LogP contribution in [0.2, 0.25) is 0 Å². The van der Waals surface area contributed by atoms with E-state index < -0.39 is 0 Å². The summed E-state index contributed by atoms with van der Waals surface area (Å²) >= 11 is 1.95. The molecule has 2 fully saturated rings. The molecule has 4 aliphatic rings. The highest BCUT2D eigenvalue weighted by molar-refractivity contribution is 7.99. The van der Waals surface area contributed by atoms with E-state index in [4.69, 9.17) is 4.74 Å². The van der Waals surface area contributed by atoms with Crippen LogP contribution < -0.4 is 4.90 Å². The molecule has 0 N–H and O–H groups in total. The number of hydrogen-bond acceptors (Lipinski definition) is 4. The maximum Gasteiger partial charge on any atom is 0.418 e. The van der Waals surface area contributed by atoms with E-state index in [0.717, 1.165) is 12.2 Å². The molecule has 2 bridgehead atoms. The number of carbonyl (C=O) groups excluding carboxylic acids is 1. The summed E-state index contributed by atoms with van der Waals surface area (Å²) in [5.74, 6) is 0.580. The molecular formula is C19H22N2O2S. The second kappa shape index (κ2) is 5.02. The molecule has 126 valence electrons. The third-order valence-electron chi connectivity index (χ3n) is 6.48. The van der Waals surface area contributed by atoms with Crippen molar-refractivity contribution in [2.24, 2.45) is 5.92 Å². The van der Waals surface area contributed by atoms with Crippen LogP contribution in [0, 0.1) is 5.92 Å². The lowest BCUT2D eigenvalue weighted by atomic mass is 9.65. The number of carbonyl (C=O) groups is 1. The van der Waals surface area contributed by atoms with Gasteiger partial charge in [-0.05, 0) is 43.2 Å². The Balaban J connectivity index is 1.82. The number of anilines is 1. The summed E-state index contributed by atoms with van der Waals surface area (Å²) in [5, 5.41) is 0.476. The fraction of sp³-hybridized carbons (Fsp3) is 0.526. The molecule has 2 saturated heterocycles. The number of ether oxygens (including phenoxy) is 1. The van der Waals surface area contributed by atoms with Crippen molar-refractivity contribution in [2.75, 3.05) is 31.4 Å². The quantitative estimate of drug-likeness (QED) is 0.784. The van der Waals surface area contributed by atoms with Gasteiger partial charge < -0.3 is 4.74 Å². The predicted octanol–water partition coefficient (Wildman–Crippen LogP) is 3.23. The van der Waals surface area contributed by atoms with E-state index in [0.29, 0.717) is 17.2 Å². The molecule has 0 saturated carbocycles. The minimum atomic E-state index is -0.260. The third kappa shape index (κ3) is 1.58. The molecule has 5 rings (SSSR count). The van der Waals surface area contributed by atoms with Crippen molar-refractivity contribution < 1.29 is 9.53 Å². The summed E-state index contributed by atoms with van der Waals surface area (Å²) in [4.78, 5) is 17.2. The van der Waals surface area contributed by atoms with Gasteiger partial charge >= 0.3 is 6.09 Å². The molecule has 5 heteroatoms. The Morgan fingerprint density at radius 3 is 3.00 bits per heavy atom. The summed E-state index contributed by atoms with van der Waals surface area (Å²) < 4.78 is 5.16. The lowest BCUT2D eigenvalue weighted by Crippen LogP contribution is -2.53. The van der Waals surface area contributed by atoms with Crippen molar-refractivity contribution in [2.45, 2.75) is 29.5 Å². The minimum Gasteiger partial charge on any atom is -0.452 e. The largest absolute Gasteiger partial charge is 0.452 e. The number of benzene rings is 1. The van der Waals surface area contributed by atoms with E-state index in [1.165, 1.54) is 37.8 Å². The number of piperidine rings is 1. The van der Waals surface area contributed by atoms with Crippen molar-refractivity contribution in [3.8, 4) is 0 Å². The number of allylic oxidation sites excluding steroid dienone is 1. The van der Waals surface area contributed by atoms with Gasteiger partial charge in [0.2, 0.25) is 0 Å². The molecule has 1 amide bonds. The van der Waals surface area contributed by atoms with Crippen molar-refractivity contribution >= 4 is 23.5 Å². The van der Waals surface area contributed by atoms with E-state index in [2.05, 4.69) is 35.4 Å². The van der Waals surface area contributed by atoms with E-state index in [-0.39, 0.29) is 11.5 Å². The minimum absolute atomic E-state index is 0.0683. The molecule has 1 aromatic rings. The lowest BCUT2D eigenvalue weighted by molar-refractivity contribution is 0.131. The number of amides is 1. The number of methoxy groups -OCH3 is 1. The SMILES string of the molecule is COC(=O)N1C2=C[C@H]3CCN4C[C@H](SC)[C@]2(c2ccccc21)[C@H]4C3. The molecule has 1 aliphatic carbocycles. The molecule has 1 aromatic carbocycles. The second-order valence-corrected chi connectivity index (χ2v) is 8.30. The van der Waals surface area contributed by atoms with Gasteiger partial charge in [0.05, 0.1) is 18.2 Å². The van der Waals surface area contributed by atoms with Crippen LogP contribution in [-0.2, 0) is 10.2 Å². The predicted molar refractivity (Wildman–Crippen MR) is 96.5 cm³/mol. The second-order valence-electron chi connectivity index (χ2n) is 7.26. The number of para-hydroxylation sites is 1. The Hall–Kier alpha value is -1.46. The van der Waals surface area contributed by atoms with E-state index in [1.807, 2.05) is 22.7 Å². The Morgan fingerprint density at radius 1 is 1.38 bits per heavy atom. The fourth-order valence-electron chi connectivity index (χ4n) is 5.60. The van der Waals surface area contributed by atoms with Crippen molar-refractivity contribution in [3.05, 3.63) is 41.6 Å². The Bertz CT molecular complexity index is 749. The van der Waals surface area contributed by atoms with Crippen LogP contribution in [0.1, 0.15) is 18.4 Å². The van der Waals surface area contributed by atoms with E-state index >= 15 is 0 Å². The number of fused-ring (bicyclic) bond motifs is 2. The smallest absolute Gasteiger partial charge is 0.418 e. The summed E-state index contributed by atoms with van der Waals surface area (Å²) in [6.07, 6.45) is 6.75. The molecular weight excluding hydrogens is 320 g/mol. The summed E-state index contributed by atoms with van der Waals surface area (Å²) in [5.41, 5.74) is 3.44. The average Bonchev–Trinajstić information content (AvgIpc) is 3.12. The normalized spacial score (nSPS) is 36.2. The molecule has 1 spiro atoms. The van der Waals surface area contributed by atoms with Crippen molar-refractivity contribution in [3.63, 3.8) is 0 Å². The first-order chi connectivity index (χ1) is 11.7. The van der Waals surface area contributed by atoms with Crippen molar-refractivity contribution in [1.82, 2.24) is 4.90 Å². The highest BCUT2D eigenvalue weighted by Gasteiger charge is 2.65. The number of thioether (sulfide) groups is 1. The van der Waals surface area contributed by atoms with Gasteiger partial charge in [0, 0.05) is 23.5 Å². The highest BCUT2D eigenvalue weighted by atomic mass is 32.2. The van der Waals surface area contributed by atoms with Gasteiger partial charge in [-0.3, -0.25) is 4.90 Å². The lowest BCUT2D eigenvalue weighted by Gasteiger charge is -2.47. The summed E-state index contributed by atoms with van der Waals surface area (Å²) in [6, 6.07) is 8.94. The fourth-order valence-corrected chi connectivity index (χ4v) is 6.72. The van der Waals surface area contributed by atoms with Gasteiger partial charge in [-0.2, -0.15) is 11.8 Å². The van der Waals surface area contributed by atoms with Crippen LogP contribution in [0.3, 0.4) is 0 Å². The Morgan fingerprint density at radius 2 is 2.21 bits per heavy atom. The molecule has 3 heterocycles. The van der Waals surface area contributed by atoms with Crippen LogP contribution in [0.15, 0.2) is 36.0 Å². The maximum absolute atomic E-state index is 12.7. The molecule has 0 radical (unpaired) electrons.